The average Bonchev–Trinajstić information content (AvgIpc) is 2.76. The van der Waals surface area contributed by atoms with Crippen LogP contribution in [0.5, 0.6) is 0 Å². The number of nitriles is 1. The van der Waals surface area contributed by atoms with E-state index in [1.54, 1.807) is 0 Å². The largest absolute Gasteiger partial charge is 0.324 e. The van der Waals surface area contributed by atoms with Gasteiger partial charge in [0.1, 0.15) is 5.82 Å². The third-order valence-corrected chi connectivity index (χ3v) is 4.02. The van der Waals surface area contributed by atoms with E-state index < -0.39 is 0 Å². The maximum absolute atomic E-state index is 9.24. The van der Waals surface area contributed by atoms with E-state index in [9.17, 15) is 5.26 Å². The summed E-state index contributed by atoms with van der Waals surface area (Å²) in [4.78, 5) is 4.65. The van der Waals surface area contributed by atoms with Gasteiger partial charge in [-0.15, -0.1) is 0 Å². The Morgan fingerprint density at radius 2 is 1.81 bits per heavy atom. The molecule has 3 rings (SSSR count). The molecule has 1 aromatic heterocycles. The first kappa shape index (κ1) is 13.4. The van der Waals surface area contributed by atoms with E-state index in [0.29, 0.717) is 6.54 Å². The van der Waals surface area contributed by atoms with Crippen LogP contribution in [0.2, 0.25) is 0 Å². The fraction of sp³-hybridized carbons (Fsp3) is 0.222. The molecule has 0 N–H and O–H groups in total. The minimum Gasteiger partial charge on any atom is -0.324 e. The third-order valence-electron chi connectivity index (χ3n) is 4.02. The van der Waals surface area contributed by atoms with Crippen LogP contribution in [0.3, 0.4) is 0 Å². The van der Waals surface area contributed by atoms with Crippen molar-refractivity contribution in [1.82, 2.24) is 9.55 Å². The van der Waals surface area contributed by atoms with Crippen molar-refractivity contribution in [2.45, 2.75) is 27.3 Å². The summed E-state index contributed by atoms with van der Waals surface area (Å²) < 4.78 is 2.18. The van der Waals surface area contributed by atoms with Crippen molar-refractivity contribution in [3.63, 3.8) is 0 Å². The highest BCUT2D eigenvalue weighted by Crippen LogP contribution is 2.22. The molecule has 0 amide bonds. The number of benzene rings is 2. The fourth-order valence-electron chi connectivity index (χ4n) is 2.64. The molecular formula is C18H17N3. The number of hydrogen-bond acceptors (Lipinski definition) is 2. The van der Waals surface area contributed by atoms with Gasteiger partial charge < -0.3 is 4.57 Å². The molecule has 104 valence electrons. The van der Waals surface area contributed by atoms with Gasteiger partial charge in [0.05, 0.1) is 29.2 Å². The zero-order valence-corrected chi connectivity index (χ0v) is 12.5. The zero-order valence-electron chi connectivity index (χ0n) is 12.5. The maximum Gasteiger partial charge on any atom is 0.107 e. The highest BCUT2D eigenvalue weighted by molar-refractivity contribution is 5.78. The lowest BCUT2D eigenvalue weighted by Gasteiger charge is -2.09. The molecule has 0 bridgehead atoms. The SMILES string of the molecule is Cc1cc2nc(C)n(Cc3ccccc3C#N)c2cc1C. The quantitative estimate of drug-likeness (QED) is 0.712. The first-order valence-electron chi connectivity index (χ1n) is 7.02. The second kappa shape index (κ2) is 5.06. The summed E-state index contributed by atoms with van der Waals surface area (Å²) in [5.41, 5.74) is 6.42. The van der Waals surface area contributed by atoms with E-state index in [2.05, 4.69) is 41.6 Å². The first-order chi connectivity index (χ1) is 10.1. The number of imidazole rings is 1. The topological polar surface area (TPSA) is 41.6 Å². The Morgan fingerprint density at radius 3 is 2.57 bits per heavy atom. The van der Waals surface area contributed by atoms with Crippen molar-refractivity contribution in [2.75, 3.05) is 0 Å². The molecule has 21 heavy (non-hydrogen) atoms. The van der Waals surface area contributed by atoms with Crippen LogP contribution in [0.15, 0.2) is 36.4 Å². The minimum atomic E-state index is 0.675. The van der Waals surface area contributed by atoms with E-state index in [4.69, 9.17) is 0 Å². The standard InChI is InChI=1S/C18H17N3/c1-12-8-17-18(9-13(12)2)21(14(3)20-17)11-16-7-5-4-6-15(16)10-19/h4-9H,11H2,1-3H3. The first-order valence-corrected chi connectivity index (χ1v) is 7.02. The second-order valence-corrected chi connectivity index (χ2v) is 5.44. The summed E-state index contributed by atoms with van der Waals surface area (Å²) in [6.45, 7) is 6.91. The van der Waals surface area contributed by atoms with Crippen LogP contribution in [-0.2, 0) is 6.54 Å². The average molecular weight is 275 g/mol. The maximum atomic E-state index is 9.24. The molecule has 0 fully saturated rings. The van der Waals surface area contributed by atoms with Gasteiger partial charge in [0, 0.05) is 0 Å². The van der Waals surface area contributed by atoms with E-state index in [1.807, 2.05) is 31.2 Å². The van der Waals surface area contributed by atoms with E-state index in [1.165, 1.54) is 11.1 Å². The summed E-state index contributed by atoms with van der Waals surface area (Å²) >= 11 is 0. The van der Waals surface area contributed by atoms with Gasteiger partial charge in [-0.25, -0.2) is 4.98 Å². The summed E-state index contributed by atoms with van der Waals surface area (Å²) in [5.74, 6) is 0.975. The lowest BCUT2D eigenvalue weighted by Crippen LogP contribution is -2.04. The minimum absolute atomic E-state index is 0.675. The molecule has 0 aliphatic heterocycles. The van der Waals surface area contributed by atoms with Gasteiger partial charge in [-0.3, -0.25) is 0 Å². The Morgan fingerprint density at radius 1 is 1.10 bits per heavy atom. The number of aryl methyl sites for hydroxylation is 3. The lowest BCUT2D eigenvalue weighted by molar-refractivity contribution is 0.784. The highest BCUT2D eigenvalue weighted by Gasteiger charge is 2.11. The molecule has 0 aliphatic carbocycles. The van der Waals surface area contributed by atoms with Crippen LogP contribution >= 0.6 is 0 Å². The monoisotopic (exact) mass is 275 g/mol. The van der Waals surface area contributed by atoms with Crippen LogP contribution in [0.1, 0.15) is 28.1 Å². The molecule has 0 unspecified atom stereocenters. The molecule has 0 aliphatic rings. The van der Waals surface area contributed by atoms with Crippen molar-refractivity contribution in [2.24, 2.45) is 0 Å². The summed E-state index contributed by atoms with van der Waals surface area (Å²) in [6, 6.07) is 14.3. The van der Waals surface area contributed by atoms with Crippen molar-refractivity contribution >= 4 is 11.0 Å². The number of hydrogen-bond donors (Lipinski definition) is 0. The van der Waals surface area contributed by atoms with Gasteiger partial charge >= 0.3 is 0 Å². The molecule has 2 aromatic carbocycles. The smallest absolute Gasteiger partial charge is 0.107 e. The third kappa shape index (κ3) is 2.30. The summed E-state index contributed by atoms with van der Waals surface area (Å²) in [6.07, 6.45) is 0. The van der Waals surface area contributed by atoms with E-state index >= 15 is 0 Å². The van der Waals surface area contributed by atoms with Gasteiger partial charge in [-0.1, -0.05) is 18.2 Å². The molecule has 3 nitrogen and oxygen atoms in total. The van der Waals surface area contributed by atoms with Crippen molar-refractivity contribution < 1.29 is 0 Å². The predicted octanol–water partition coefficient (Wildman–Crippen LogP) is 3.88. The summed E-state index contributed by atoms with van der Waals surface area (Å²) in [5, 5.41) is 9.24. The predicted molar refractivity (Wildman–Crippen MR) is 84.2 cm³/mol. The second-order valence-electron chi connectivity index (χ2n) is 5.44. The van der Waals surface area contributed by atoms with Gasteiger partial charge in [-0.2, -0.15) is 5.26 Å². The highest BCUT2D eigenvalue weighted by atomic mass is 15.1. The van der Waals surface area contributed by atoms with Crippen LogP contribution in [0.4, 0.5) is 0 Å². The Bertz CT molecular complexity index is 866. The number of aromatic nitrogens is 2. The van der Waals surface area contributed by atoms with Gasteiger partial charge in [0.2, 0.25) is 0 Å². The van der Waals surface area contributed by atoms with Crippen LogP contribution in [0, 0.1) is 32.1 Å². The van der Waals surface area contributed by atoms with Gasteiger partial charge in [0.25, 0.3) is 0 Å². The Hall–Kier alpha value is -2.60. The molecule has 0 spiro atoms. The molecule has 3 aromatic rings. The van der Waals surface area contributed by atoms with Crippen molar-refractivity contribution in [3.05, 3.63) is 64.5 Å². The molecule has 0 saturated carbocycles. The Balaban J connectivity index is 2.15. The van der Waals surface area contributed by atoms with Crippen molar-refractivity contribution in [1.29, 1.82) is 5.26 Å². The fourth-order valence-corrected chi connectivity index (χ4v) is 2.64. The van der Waals surface area contributed by atoms with E-state index in [0.717, 1.165) is 28.0 Å². The van der Waals surface area contributed by atoms with Crippen molar-refractivity contribution in [3.8, 4) is 6.07 Å². The number of fused-ring (bicyclic) bond motifs is 1. The molecule has 0 radical (unpaired) electrons. The molecule has 1 heterocycles. The Kier molecular flexibility index (Phi) is 3.23. The van der Waals surface area contributed by atoms with Crippen LogP contribution < -0.4 is 0 Å². The molecule has 0 atom stereocenters. The van der Waals surface area contributed by atoms with Gasteiger partial charge in [0.15, 0.2) is 0 Å². The summed E-state index contributed by atoms with van der Waals surface area (Å²) in [7, 11) is 0. The molecule has 0 saturated heterocycles. The number of nitrogens with zero attached hydrogens (tertiary/aromatic N) is 3. The van der Waals surface area contributed by atoms with E-state index in [-0.39, 0.29) is 0 Å². The normalized spacial score (nSPS) is 10.8. The van der Waals surface area contributed by atoms with Crippen LogP contribution in [-0.4, -0.2) is 9.55 Å². The Labute approximate surface area is 124 Å². The van der Waals surface area contributed by atoms with Gasteiger partial charge in [-0.05, 0) is 55.7 Å². The lowest BCUT2D eigenvalue weighted by atomic mass is 10.1. The zero-order chi connectivity index (χ0) is 15.0. The molecular weight excluding hydrogens is 258 g/mol. The number of rotatable bonds is 2. The molecule has 3 heteroatoms. The van der Waals surface area contributed by atoms with Crippen LogP contribution in [0.25, 0.3) is 11.0 Å².